The number of halogens is 3. The van der Waals surface area contributed by atoms with Gasteiger partial charge in [-0.15, -0.1) is 0 Å². The van der Waals surface area contributed by atoms with Crippen molar-refractivity contribution >= 4 is 10.1 Å². The molecule has 0 amide bonds. The van der Waals surface area contributed by atoms with Crippen LogP contribution < -0.4 is 35.5 Å². The van der Waals surface area contributed by atoms with E-state index in [1.165, 1.54) is 33.9 Å². The van der Waals surface area contributed by atoms with E-state index in [0.717, 1.165) is 117 Å². The SMILES string of the molecule is O=c1nc(OC[C@@H]2COCCO2)cc2n1CCc1cc(C#CC3(O)CCCC3)ccc1-2.O=c1nc(OC[C@@H]2COCCO2)cc2n1CCc1cc(CCC3(O)CCCC3)ccc1-2.O=c1nc(OC[C@@H]2COCCO2)cc2n1CCc1cc(OS(=O)(=O)C(F)(F)F)ccc1-2. The quantitative estimate of drug-likeness (QED) is 0.0729. The molecule has 2 saturated carbocycles. The second-order valence-corrected chi connectivity index (χ2v) is 25.8. The Morgan fingerprint density at radius 1 is 0.559 bits per heavy atom. The van der Waals surface area contributed by atoms with Gasteiger partial charge in [0.1, 0.15) is 49.5 Å². The summed E-state index contributed by atoms with van der Waals surface area (Å²) in [6.45, 7) is 6.69. The fourth-order valence-corrected chi connectivity index (χ4v) is 13.1. The smallest absolute Gasteiger partial charge is 0.475 e. The first kappa shape index (κ1) is 65.5. The van der Waals surface area contributed by atoms with Crippen LogP contribution in [-0.4, -0.2) is 162 Å². The van der Waals surface area contributed by atoms with Crippen LogP contribution in [0.25, 0.3) is 33.8 Å². The van der Waals surface area contributed by atoms with Gasteiger partial charge in [0, 0.05) is 60.1 Å². The molecule has 2 aliphatic carbocycles. The van der Waals surface area contributed by atoms with Crippen molar-refractivity contribution in [2.75, 3.05) is 79.3 Å². The lowest BCUT2D eigenvalue weighted by molar-refractivity contribution is -0.102. The number of aryl methyl sites for hydroxylation is 4. The first-order chi connectivity index (χ1) is 44.8. The van der Waals surface area contributed by atoms with Gasteiger partial charge in [0.2, 0.25) is 17.6 Å². The van der Waals surface area contributed by atoms with E-state index in [1.54, 1.807) is 9.13 Å². The average Bonchev–Trinajstić information content (AvgIpc) is 2.16. The molecule has 2 N–H and O–H groups in total. The Balaban J connectivity index is 0.000000134. The molecule has 9 heterocycles. The van der Waals surface area contributed by atoms with Gasteiger partial charge in [0.05, 0.1) is 82.1 Å². The van der Waals surface area contributed by atoms with Crippen LogP contribution in [0.5, 0.6) is 23.4 Å². The third-order valence-electron chi connectivity index (χ3n) is 17.6. The van der Waals surface area contributed by atoms with Gasteiger partial charge >= 0.3 is 32.7 Å². The Labute approximate surface area is 533 Å². The van der Waals surface area contributed by atoms with Crippen LogP contribution in [0.3, 0.4) is 0 Å². The van der Waals surface area contributed by atoms with Crippen molar-refractivity contribution in [3.8, 4) is 69.0 Å². The molecule has 0 spiro atoms. The molecule has 3 aromatic carbocycles. The summed E-state index contributed by atoms with van der Waals surface area (Å²) in [6, 6.07) is 21.3. The lowest BCUT2D eigenvalue weighted by Crippen LogP contribution is -2.34. The summed E-state index contributed by atoms with van der Waals surface area (Å²) in [5, 5.41) is 21.1. The van der Waals surface area contributed by atoms with E-state index in [9.17, 15) is 46.2 Å². The Morgan fingerprint density at radius 2 is 0.989 bits per heavy atom. The van der Waals surface area contributed by atoms with E-state index in [-0.39, 0.29) is 55.1 Å². The summed E-state index contributed by atoms with van der Waals surface area (Å²) in [5.74, 6) is 6.44. The molecule has 0 radical (unpaired) electrons. The molecule has 14 rings (SSSR count). The molecular weight excluding hydrogens is 1240 g/mol. The largest absolute Gasteiger partial charge is 0.534 e. The molecule has 5 fully saturated rings. The third-order valence-corrected chi connectivity index (χ3v) is 18.6. The molecule has 3 saturated heterocycles. The fraction of sp³-hybridized carbons (Fsp3) is 0.515. The van der Waals surface area contributed by atoms with Crippen LogP contribution >= 0.6 is 0 Å². The first-order valence-electron chi connectivity index (χ1n) is 31.5. The molecule has 3 atom stereocenters. The highest BCUT2D eigenvalue weighted by Crippen LogP contribution is 2.38. The highest BCUT2D eigenvalue weighted by Gasteiger charge is 2.48. The number of ether oxygens (including phenoxy) is 9. The molecule has 0 unspecified atom stereocenters. The van der Waals surface area contributed by atoms with Crippen molar-refractivity contribution in [1.29, 1.82) is 0 Å². The van der Waals surface area contributed by atoms with E-state index < -0.39 is 38.3 Å². The number of hydrogen-bond acceptors (Lipinski definition) is 20. The van der Waals surface area contributed by atoms with Gasteiger partial charge in [-0.05, 0) is 123 Å². The predicted molar refractivity (Wildman–Crippen MR) is 329 cm³/mol. The highest BCUT2D eigenvalue weighted by molar-refractivity contribution is 7.88. The van der Waals surface area contributed by atoms with E-state index in [2.05, 4.69) is 55.2 Å². The van der Waals surface area contributed by atoms with Gasteiger partial charge in [0.25, 0.3) is 0 Å². The van der Waals surface area contributed by atoms with Gasteiger partial charge in [0.15, 0.2) is 0 Å². The Kier molecular flexibility index (Phi) is 20.2. The summed E-state index contributed by atoms with van der Waals surface area (Å²) in [4.78, 5) is 49.6. The number of fused-ring (bicyclic) bond motifs is 9. The molecule has 3 aromatic heterocycles. The van der Waals surface area contributed by atoms with Crippen LogP contribution in [0, 0.1) is 11.8 Å². The average molecular weight is 1310 g/mol. The van der Waals surface area contributed by atoms with Crippen molar-refractivity contribution in [2.24, 2.45) is 0 Å². The van der Waals surface area contributed by atoms with Crippen molar-refractivity contribution in [3.05, 3.63) is 132 Å². The summed E-state index contributed by atoms with van der Waals surface area (Å²) in [7, 11) is -5.78. The first-order valence-corrected chi connectivity index (χ1v) is 32.9. The van der Waals surface area contributed by atoms with Crippen molar-refractivity contribution in [1.82, 2.24) is 28.7 Å². The molecule has 0 bridgehead atoms. The molecule has 6 aliphatic heterocycles. The Bertz CT molecular complexity index is 4040. The molecular formula is C66H73F3N6O17S. The van der Waals surface area contributed by atoms with Gasteiger partial charge < -0.3 is 57.0 Å². The number of rotatable bonds is 14. The molecule has 6 aromatic rings. The maximum atomic E-state index is 12.6. The predicted octanol–water partition coefficient (Wildman–Crippen LogP) is 5.90. The second kappa shape index (κ2) is 28.6. The maximum Gasteiger partial charge on any atom is 0.534 e. The van der Waals surface area contributed by atoms with Gasteiger partial charge in [-0.25, -0.2) is 14.4 Å². The van der Waals surface area contributed by atoms with Gasteiger partial charge in [-0.3, -0.25) is 13.7 Å². The monoisotopic (exact) mass is 1310 g/mol. The van der Waals surface area contributed by atoms with Crippen LogP contribution in [0.15, 0.2) is 87.2 Å². The molecule has 23 nitrogen and oxygen atoms in total. The number of benzene rings is 3. The topological polar surface area (TPSA) is 272 Å². The molecule has 93 heavy (non-hydrogen) atoms. The van der Waals surface area contributed by atoms with Crippen LogP contribution in [0.2, 0.25) is 0 Å². The van der Waals surface area contributed by atoms with Crippen LogP contribution in [0.4, 0.5) is 13.2 Å². The van der Waals surface area contributed by atoms with E-state index in [1.807, 2.05) is 24.3 Å². The normalized spacial score (nSPS) is 20.8. The minimum absolute atomic E-state index is 0.0678. The minimum atomic E-state index is -5.78. The number of hydrogen-bond donors (Lipinski definition) is 2. The number of nitrogens with zero attached hydrogens (tertiary/aromatic N) is 6. The van der Waals surface area contributed by atoms with Crippen molar-refractivity contribution < 1.29 is 78.6 Å². The summed E-state index contributed by atoms with van der Waals surface area (Å²) >= 11 is 0. The number of aromatic nitrogens is 6. The van der Waals surface area contributed by atoms with Crippen LogP contribution in [-0.2, 0) is 83.9 Å². The van der Waals surface area contributed by atoms with Crippen molar-refractivity contribution in [2.45, 2.75) is 138 Å². The van der Waals surface area contributed by atoms with E-state index in [0.29, 0.717) is 114 Å². The van der Waals surface area contributed by atoms with Gasteiger partial charge in [-0.1, -0.05) is 48.9 Å². The summed E-state index contributed by atoms with van der Waals surface area (Å²) in [6.07, 6.45) is 10.6. The second-order valence-electron chi connectivity index (χ2n) is 24.2. The number of aliphatic hydroxyl groups is 2. The van der Waals surface area contributed by atoms with Crippen LogP contribution in [0.1, 0.15) is 85.6 Å². The lowest BCUT2D eigenvalue weighted by atomic mass is 9.90. The summed E-state index contributed by atoms with van der Waals surface area (Å²) in [5.41, 5.74) is 1.67. The molecule has 8 aliphatic rings. The Morgan fingerprint density at radius 3 is 1.44 bits per heavy atom. The van der Waals surface area contributed by atoms with Gasteiger partial charge in [-0.2, -0.15) is 36.5 Å². The third kappa shape index (κ3) is 16.0. The Hall–Kier alpha value is -7.52. The van der Waals surface area contributed by atoms with E-state index in [4.69, 9.17) is 42.6 Å². The molecule has 496 valence electrons. The van der Waals surface area contributed by atoms with Crippen molar-refractivity contribution in [3.63, 3.8) is 0 Å². The lowest BCUT2D eigenvalue weighted by Gasteiger charge is -2.25. The number of alkyl halides is 3. The zero-order valence-electron chi connectivity index (χ0n) is 51.2. The zero-order valence-corrected chi connectivity index (χ0v) is 52.0. The minimum Gasteiger partial charge on any atom is -0.475 e. The zero-order chi connectivity index (χ0) is 64.7. The fourth-order valence-electron chi connectivity index (χ4n) is 12.7. The maximum absolute atomic E-state index is 12.6. The molecule has 27 heteroatoms. The summed E-state index contributed by atoms with van der Waals surface area (Å²) < 4.78 is 119. The van der Waals surface area contributed by atoms with E-state index >= 15 is 0 Å². The standard InChI is InChI=1S/C24H30N2O5.C24H26N2O5.C18H17F3N2O7S/c2*27-23-25-22(31-16-19-15-29-11-12-30-19)14-21-20-4-3-17(13-18(20)6-10-26(21)23)5-9-24(28)7-1-2-8-24;19-18(20,21)31(25,26)30-12-1-2-14-11(7-12)3-4-23-15(14)8-16(22-17(23)24)29-10-13-9-27-5-6-28-13/h3-4,13-14,19,28H,1-2,5-12,15-16H2;3-4,13-14,19,28H,1-2,6-8,10-12,15-16H2;1-2,7-8,13H,3-6,9-10H2/t2*19-;13-/m000/s1. The highest BCUT2D eigenvalue weighted by atomic mass is 32.2.